The minimum atomic E-state index is 0.297. The molecule has 0 aliphatic heterocycles. The van der Waals surface area contributed by atoms with Crippen LogP contribution in [0.25, 0.3) is 11.2 Å². The summed E-state index contributed by atoms with van der Waals surface area (Å²) in [4.78, 5) is 12.4. The molecule has 0 aliphatic carbocycles. The van der Waals surface area contributed by atoms with Gasteiger partial charge in [-0.2, -0.15) is 9.97 Å². The lowest BCUT2D eigenvalue weighted by molar-refractivity contribution is 0.777. The highest BCUT2D eigenvalue weighted by Crippen LogP contribution is 2.19. The second kappa shape index (κ2) is 3.67. The fourth-order valence-electron chi connectivity index (χ4n) is 1.34. The summed E-state index contributed by atoms with van der Waals surface area (Å²) in [7, 11) is 0. The van der Waals surface area contributed by atoms with Crippen molar-refractivity contribution >= 4 is 22.9 Å². The number of nitrogen functional groups attached to an aromatic ring is 2. The average Bonchev–Trinajstić information content (AvgIpc) is 2.70. The van der Waals surface area contributed by atoms with Crippen LogP contribution in [0.1, 0.15) is 6.92 Å². The lowest BCUT2D eigenvalue weighted by Crippen LogP contribution is -2.15. The molecule has 2 rings (SSSR count). The van der Waals surface area contributed by atoms with Gasteiger partial charge >= 0.3 is 0 Å². The van der Waals surface area contributed by atoms with Crippen molar-refractivity contribution in [1.29, 1.82) is 0 Å². The van der Waals surface area contributed by atoms with Crippen LogP contribution in [0.3, 0.4) is 0 Å². The zero-order chi connectivity index (χ0) is 10.8. The van der Waals surface area contributed by atoms with Gasteiger partial charge in [-0.3, -0.25) is 5.43 Å². The normalized spacial score (nSPS) is 10.6. The van der Waals surface area contributed by atoms with E-state index in [1.165, 1.54) is 0 Å². The number of aromatic nitrogens is 4. The summed E-state index contributed by atoms with van der Waals surface area (Å²) in [5.74, 6) is 11.3. The standard InChI is InChI=1S/C7H12N8/c1-2-15-3-10-4-5(13-8)11-7(14-9)12-6(4)15/h3H,2,8-9H2,1H3,(H2,11,12,13,14). The maximum Gasteiger partial charge on any atom is 0.241 e. The molecule has 80 valence electrons. The van der Waals surface area contributed by atoms with Gasteiger partial charge in [0.15, 0.2) is 17.0 Å². The highest BCUT2D eigenvalue weighted by molar-refractivity contribution is 5.83. The largest absolute Gasteiger partial charge is 0.315 e. The van der Waals surface area contributed by atoms with Crippen LogP contribution in [0.4, 0.5) is 11.8 Å². The molecular formula is C7H12N8. The molecule has 2 aromatic rings. The summed E-state index contributed by atoms with van der Waals surface area (Å²) in [6, 6.07) is 0. The number of hydrogen-bond acceptors (Lipinski definition) is 7. The third-order valence-corrected chi connectivity index (χ3v) is 2.07. The molecule has 2 aromatic heterocycles. The maximum absolute atomic E-state index is 5.33. The van der Waals surface area contributed by atoms with E-state index in [2.05, 4.69) is 25.8 Å². The van der Waals surface area contributed by atoms with Crippen LogP contribution >= 0.6 is 0 Å². The van der Waals surface area contributed by atoms with E-state index >= 15 is 0 Å². The van der Waals surface area contributed by atoms with Gasteiger partial charge in [0.25, 0.3) is 0 Å². The molecule has 6 N–H and O–H groups in total. The van der Waals surface area contributed by atoms with Crippen LogP contribution in [0.5, 0.6) is 0 Å². The molecule has 0 radical (unpaired) electrons. The van der Waals surface area contributed by atoms with Gasteiger partial charge in [-0.15, -0.1) is 0 Å². The van der Waals surface area contributed by atoms with E-state index in [0.717, 1.165) is 6.54 Å². The number of hydrazine groups is 2. The van der Waals surface area contributed by atoms with Crippen molar-refractivity contribution in [3.05, 3.63) is 6.33 Å². The van der Waals surface area contributed by atoms with Crippen molar-refractivity contribution in [2.45, 2.75) is 13.5 Å². The average molecular weight is 208 g/mol. The number of hydrogen-bond donors (Lipinski definition) is 4. The second-order valence-electron chi connectivity index (χ2n) is 2.89. The Bertz CT molecular complexity index is 475. The third-order valence-electron chi connectivity index (χ3n) is 2.07. The van der Waals surface area contributed by atoms with Crippen molar-refractivity contribution in [1.82, 2.24) is 19.5 Å². The van der Waals surface area contributed by atoms with Crippen molar-refractivity contribution in [2.24, 2.45) is 11.7 Å². The van der Waals surface area contributed by atoms with Crippen LogP contribution in [0.2, 0.25) is 0 Å². The van der Waals surface area contributed by atoms with Crippen molar-refractivity contribution in [2.75, 3.05) is 10.9 Å². The first-order chi connectivity index (χ1) is 7.30. The number of rotatable bonds is 3. The molecule has 0 aromatic carbocycles. The van der Waals surface area contributed by atoms with Gasteiger partial charge in [0, 0.05) is 6.54 Å². The Hall–Kier alpha value is -1.93. The van der Waals surface area contributed by atoms with Crippen LogP contribution in [0, 0.1) is 0 Å². The van der Waals surface area contributed by atoms with Gasteiger partial charge in [0.05, 0.1) is 6.33 Å². The number of nitrogens with two attached hydrogens (primary N) is 2. The van der Waals surface area contributed by atoms with E-state index in [1.807, 2.05) is 11.5 Å². The molecule has 0 atom stereocenters. The second-order valence-corrected chi connectivity index (χ2v) is 2.89. The summed E-state index contributed by atoms with van der Waals surface area (Å²) < 4.78 is 1.87. The minimum absolute atomic E-state index is 0.297. The first-order valence-electron chi connectivity index (χ1n) is 4.46. The number of fused-ring (bicyclic) bond motifs is 1. The van der Waals surface area contributed by atoms with E-state index < -0.39 is 0 Å². The number of nitrogens with zero attached hydrogens (tertiary/aromatic N) is 4. The number of anilines is 2. The minimum Gasteiger partial charge on any atom is -0.315 e. The van der Waals surface area contributed by atoms with Gasteiger partial charge in [0.2, 0.25) is 5.95 Å². The summed E-state index contributed by atoms with van der Waals surface area (Å²) in [6.07, 6.45) is 1.68. The zero-order valence-electron chi connectivity index (χ0n) is 8.23. The van der Waals surface area contributed by atoms with E-state index in [0.29, 0.717) is 22.9 Å². The van der Waals surface area contributed by atoms with E-state index in [1.54, 1.807) is 6.33 Å². The molecular weight excluding hydrogens is 196 g/mol. The highest BCUT2D eigenvalue weighted by atomic mass is 15.3. The van der Waals surface area contributed by atoms with Gasteiger partial charge in [0.1, 0.15) is 0 Å². The number of imidazole rings is 1. The molecule has 8 heteroatoms. The molecule has 0 bridgehead atoms. The lowest BCUT2D eigenvalue weighted by Gasteiger charge is -2.04. The van der Waals surface area contributed by atoms with Crippen LogP contribution < -0.4 is 22.5 Å². The predicted octanol–water partition coefficient (Wildman–Crippen LogP) is -0.583. The number of nitrogens with one attached hydrogen (secondary N) is 2. The van der Waals surface area contributed by atoms with Gasteiger partial charge in [-0.05, 0) is 6.92 Å². The Kier molecular flexibility index (Phi) is 2.35. The highest BCUT2D eigenvalue weighted by Gasteiger charge is 2.10. The van der Waals surface area contributed by atoms with Gasteiger partial charge in [-0.1, -0.05) is 0 Å². The summed E-state index contributed by atoms with van der Waals surface area (Å²) in [5.41, 5.74) is 6.15. The molecule has 0 spiro atoms. The maximum atomic E-state index is 5.33. The Morgan fingerprint density at radius 3 is 2.73 bits per heavy atom. The lowest BCUT2D eigenvalue weighted by atomic mass is 10.5. The molecule has 0 saturated heterocycles. The van der Waals surface area contributed by atoms with E-state index in [4.69, 9.17) is 11.7 Å². The molecule has 0 amide bonds. The molecule has 0 aliphatic rings. The van der Waals surface area contributed by atoms with Crippen molar-refractivity contribution in [3.8, 4) is 0 Å². The smallest absolute Gasteiger partial charge is 0.241 e. The zero-order valence-corrected chi connectivity index (χ0v) is 8.23. The fraction of sp³-hybridized carbons (Fsp3) is 0.286. The third kappa shape index (κ3) is 1.45. The first kappa shape index (κ1) is 9.62. The molecule has 0 saturated carbocycles. The van der Waals surface area contributed by atoms with Crippen LogP contribution in [-0.4, -0.2) is 19.5 Å². The molecule has 0 unspecified atom stereocenters. The number of aryl methyl sites for hydroxylation is 1. The summed E-state index contributed by atoms with van der Waals surface area (Å²) in [6.45, 7) is 2.76. The van der Waals surface area contributed by atoms with Crippen LogP contribution in [0.15, 0.2) is 6.33 Å². The molecule has 0 fully saturated rings. The van der Waals surface area contributed by atoms with E-state index in [-0.39, 0.29) is 0 Å². The summed E-state index contributed by atoms with van der Waals surface area (Å²) >= 11 is 0. The van der Waals surface area contributed by atoms with Crippen molar-refractivity contribution in [3.63, 3.8) is 0 Å². The monoisotopic (exact) mass is 208 g/mol. The molecule has 8 nitrogen and oxygen atoms in total. The van der Waals surface area contributed by atoms with Crippen molar-refractivity contribution < 1.29 is 0 Å². The van der Waals surface area contributed by atoms with Crippen LogP contribution in [-0.2, 0) is 6.54 Å². The Balaban J connectivity index is 2.71. The van der Waals surface area contributed by atoms with E-state index in [9.17, 15) is 0 Å². The Labute approximate surface area is 85.6 Å². The van der Waals surface area contributed by atoms with Gasteiger partial charge in [-0.25, -0.2) is 16.7 Å². The summed E-state index contributed by atoms with van der Waals surface area (Å²) in [5, 5.41) is 0. The topological polar surface area (TPSA) is 120 Å². The van der Waals surface area contributed by atoms with Gasteiger partial charge < -0.3 is 9.99 Å². The predicted molar refractivity (Wildman–Crippen MR) is 56.6 cm³/mol. The SMILES string of the molecule is CCn1cnc2c(NN)nc(NN)nc21. The molecule has 15 heavy (non-hydrogen) atoms. The fourth-order valence-corrected chi connectivity index (χ4v) is 1.34. The Morgan fingerprint density at radius 1 is 1.33 bits per heavy atom. The Morgan fingerprint density at radius 2 is 2.13 bits per heavy atom. The quantitative estimate of drug-likeness (QED) is 0.393. The molecule has 2 heterocycles. The first-order valence-corrected chi connectivity index (χ1v) is 4.46.